The van der Waals surface area contributed by atoms with Crippen LogP contribution in [0.4, 0.5) is 11.4 Å². The van der Waals surface area contributed by atoms with Crippen molar-refractivity contribution in [2.75, 3.05) is 18.2 Å². The molecule has 0 radical (unpaired) electrons. The van der Waals surface area contributed by atoms with E-state index in [4.69, 9.17) is 10.5 Å². The maximum absolute atomic E-state index is 12.0. The van der Waals surface area contributed by atoms with Crippen LogP contribution in [-0.4, -0.2) is 13.0 Å². The van der Waals surface area contributed by atoms with Gasteiger partial charge in [0.1, 0.15) is 5.75 Å². The fraction of sp³-hybridized carbons (Fsp3) is 0.0625. The number of benzene rings is 2. The highest BCUT2D eigenvalue weighted by Crippen LogP contribution is 2.34. The van der Waals surface area contributed by atoms with Crippen molar-refractivity contribution >= 4 is 28.9 Å². The van der Waals surface area contributed by atoms with Crippen LogP contribution in [0.25, 0.3) is 11.6 Å². The summed E-state index contributed by atoms with van der Waals surface area (Å²) < 4.78 is 5.12. The number of carbonyl (C=O) groups excluding carboxylic acids is 1. The van der Waals surface area contributed by atoms with Crippen molar-refractivity contribution in [3.05, 3.63) is 53.6 Å². The monoisotopic (exact) mass is 266 g/mol. The minimum atomic E-state index is -0.110. The zero-order valence-electron chi connectivity index (χ0n) is 11.0. The number of nitrogen functional groups attached to an aromatic ring is 1. The Bertz CT molecular complexity index is 703. The minimum Gasteiger partial charge on any atom is -0.497 e. The maximum Gasteiger partial charge on any atom is 0.256 e. The molecule has 0 aromatic heterocycles. The molecule has 3 N–H and O–H groups in total. The molecule has 0 atom stereocenters. The molecule has 0 fully saturated rings. The van der Waals surface area contributed by atoms with Crippen LogP contribution in [0.5, 0.6) is 5.75 Å². The lowest BCUT2D eigenvalue weighted by atomic mass is 10.0. The highest BCUT2D eigenvalue weighted by Gasteiger charge is 2.23. The first-order valence-electron chi connectivity index (χ1n) is 6.24. The topological polar surface area (TPSA) is 64.3 Å². The number of amides is 1. The lowest BCUT2D eigenvalue weighted by Gasteiger charge is -2.01. The third-order valence-electron chi connectivity index (χ3n) is 3.25. The Morgan fingerprint density at radius 1 is 1.15 bits per heavy atom. The molecule has 4 nitrogen and oxygen atoms in total. The van der Waals surface area contributed by atoms with Crippen LogP contribution in [0.15, 0.2) is 42.5 Å². The Morgan fingerprint density at radius 3 is 2.60 bits per heavy atom. The average Bonchev–Trinajstić information content (AvgIpc) is 2.75. The van der Waals surface area contributed by atoms with Crippen molar-refractivity contribution in [2.24, 2.45) is 0 Å². The molecule has 1 aliphatic heterocycles. The smallest absolute Gasteiger partial charge is 0.256 e. The first-order valence-corrected chi connectivity index (χ1v) is 6.24. The zero-order chi connectivity index (χ0) is 14.1. The van der Waals surface area contributed by atoms with Crippen molar-refractivity contribution in [3.8, 4) is 5.75 Å². The van der Waals surface area contributed by atoms with Gasteiger partial charge in [0, 0.05) is 16.8 Å². The summed E-state index contributed by atoms with van der Waals surface area (Å²) in [7, 11) is 1.62. The molecule has 0 unspecified atom stereocenters. The number of nitrogens with two attached hydrogens (primary N) is 1. The molecule has 0 aliphatic carbocycles. The molecule has 0 saturated carbocycles. The van der Waals surface area contributed by atoms with Crippen LogP contribution in [0.3, 0.4) is 0 Å². The molecule has 1 aliphatic rings. The normalized spacial score (nSPS) is 15.1. The van der Waals surface area contributed by atoms with E-state index in [0.717, 1.165) is 22.6 Å². The number of hydrogen-bond donors (Lipinski definition) is 2. The Morgan fingerprint density at radius 2 is 1.90 bits per heavy atom. The van der Waals surface area contributed by atoms with Gasteiger partial charge in [-0.25, -0.2) is 0 Å². The predicted molar refractivity (Wildman–Crippen MR) is 80.3 cm³/mol. The SMILES string of the molecule is COc1ccc(C=C2C(=O)Nc3cc(N)ccc32)cc1. The first-order chi connectivity index (χ1) is 9.67. The van der Waals surface area contributed by atoms with E-state index in [0.29, 0.717) is 11.3 Å². The van der Waals surface area contributed by atoms with Crippen molar-refractivity contribution in [3.63, 3.8) is 0 Å². The predicted octanol–water partition coefficient (Wildman–Crippen LogP) is 2.77. The van der Waals surface area contributed by atoms with Gasteiger partial charge >= 0.3 is 0 Å². The molecule has 3 rings (SSSR count). The summed E-state index contributed by atoms with van der Waals surface area (Å²) in [6, 6.07) is 13.0. The molecule has 2 aromatic rings. The second kappa shape index (κ2) is 4.74. The Labute approximate surface area is 116 Å². The molecular weight excluding hydrogens is 252 g/mol. The molecule has 20 heavy (non-hydrogen) atoms. The standard InChI is InChI=1S/C16H14N2O2/c1-20-12-5-2-10(3-6-12)8-14-13-7-4-11(17)9-15(13)18-16(14)19/h2-9H,17H2,1H3,(H,18,19). The van der Waals surface area contributed by atoms with Gasteiger partial charge < -0.3 is 15.8 Å². The van der Waals surface area contributed by atoms with Gasteiger partial charge in [0.15, 0.2) is 0 Å². The third-order valence-corrected chi connectivity index (χ3v) is 3.25. The zero-order valence-corrected chi connectivity index (χ0v) is 11.0. The number of carbonyl (C=O) groups is 1. The van der Waals surface area contributed by atoms with Gasteiger partial charge in [0.05, 0.1) is 12.8 Å². The largest absolute Gasteiger partial charge is 0.497 e. The average molecular weight is 266 g/mol. The molecule has 0 spiro atoms. The first kappa shape index (κ1) is 12.3. The van der Waals surface area contributed by atoms with Crippen LogP contribution >= 0.6 is 0 Å². The molecule has 1 amide bonds. The van der Waals surface area contributed by atoms with Crippen LogP contribution in [-0.2, 0) is 4.79 Å². The second-order valence-corrected chi connectivity index (χ2v) is 4.59. The van der Waals surface area contributed by atoms with E-state index in [1.165, 1.54) is 0 Å². The molecule has 0 saturated heterocycles. The number of methoxy groups -OCH3 is 1. The number of fused-ring (bicyclic) bond motifs is 1. The van der Waals surface area contributed by atoms with E-state index in [2.05, 4.69) is 5.32 Å². The molecule has 0 bridgehead atoms. The lowest BCUT2D eigenvalue weighted by molar-refractivity contribution is -0.110. The summed E-state index contributed by atoms with van der Waals surface area (Å²) in [6.45, 7) is 0. The number of anilines is 2. The second-order valence-electron chi connectivity index (χ2n) is 4.59. The minimum absolute atomic E-state index is 0.110. The number of hydrogen-bond acceptors (Lipinski definition) is 3. The van der Waals surface area contributed by atoms with Gasteiger partial charge in [-0.3, -0.25) is 4.79 Å². The number of ether oxygens (including phenoxy) is 1. The van der Waals surface area contributed by atoms with Gasteiger partial charge in [0.2, 0.25) is 0 Å². The maximum atomic E-state index is 12.0. The summed E-state index contributed by atoms with van der Waals surface area (Å²) in [4.78, 5) is 12.0. The highest BCUT2D eigenvalue weighted by molar-refractivity contribution is 6.35. The summed E-state index contributed by atoms with van der Waals surface area (Å²) >= 11 is 0. The molecular formula is C16H14N2O2. The summed E-state index contributed by atoms with van der Waals surface area (Å²) in [5.74, 6) is 0.678. The number of rotatable bonds is 2. The summed E-state index contributed by atoms with van der Waals surface area (Å²) in [6.07, 6.45) is 1.86. The van der Waals surface area contributed by atoms with Crippen LogP contribution in [0, 0.1) is 0 Å². The Kier molecular flexibility index (Phi) is 2.91. The molecule has 4 heteroatoms. The van der Waals surface area contributed by atoms with Crippen molar-refractivity contribution in [1.29, 1.82) is 0 Å². The fourth-order valence-electron chi connectivity index (χ4n) is 2.22. The van der Waals surface area contributed by atoms with Gasteiger partial charge in [-0.15, -0.1) is 0 Å². The van der Waals surface area contributed by atoms with Crippen LogP contribution < -0.4 is 15.8 Å². The Balaban J connectivity index is 2.01. The highest BCUT2D eigenvalue weighted by atomic mass is 16.5. The number of nitrogens with one attached hydrogen (secondary N) is 1. The van der Waals surface area contributed by atoms with E-state index >= 15 is 0 Å². The van der Waals surface area contributed by atoms with E-state index in [1.807, 2.05) is 36.4 Å². The Hall–Kier alpha value is -2.75. The van der Waals surface area contributed by atoms with Crippen LogP contribution in [0.1, 0.15) is 11.1 Å². The van der Waals surface area contributed by atoms with Gasteiger partial charge in [-0.05, 0) is 35.9 Å². The van der Waals surface area contributed by atoms with Crippen molar-refractivity contribution < 1.29 is 9.53 Å². The lowest BCUT2D eigenvalue weighted by Crippen LogP contribution is -2.03. The third kappa shape index (κ3) is 2.12. The fourth-order valence-corrected chi connectivity index (χ4v) is 2.22. The quantitative estimate of drug-likeness (QED) is 0.649. The summed E-state index contributed by atoms with van der Waals surface area (Å²) in [5, 5.41) is 2.82. The molecule has 2 aromatic carbocycles. The van der Waals surface area contributed by atoms with E-state index in [-0.39, 0.29) is 5.91 Å². The van der Waals surface area contributed by atoms with E-state index < -0.39 is 0 Å². The van der Waals surface area contributed by atoms with Crippen molar-refractivity contribution in [1.82, 2.24) is 0 Å². The summed E-state index contributed by atoms with van der Waals surface area (Å²) in [5.41, 5.74) is 9.58. The van der Waals surface area contributed by atoms with Gasteiger partial charge in [0.25, 0.3) is 5.91 Å². The van der Waals surface area contributed by atoms with Crippen LogP contribution in [0.2, 0.25) is 0 Å². The van der Waals surface area contributed by atoms with E-state index in [9.17, 15) is 4.79 Å². The molecule has 100 valence electrons. The molecule has 1 heterocycles. The van der Waals surface area contributed by atoms with E-state index in [1.54, 1.807) is 19.2 Å². The van der Waals surface area contributed by atoms with Gasteiger partial charge in [-0.1, -0.05) is 18.2 Å². The van der Waals surface area contributed by atoms with Gasteiger partial charge in [-0.2, -0.15) is 0 Å². The van der Waals surface area contributed by atoms with Crippen molar-refractivity contribution in [2.45, 2.75) is 0 Å².